The number of halogens is 1. The van der Waals surface area contributed by atoms with E-state index in [0.29, 0.717) is 12.1 Å². The number of likely N-dealkylation sites (tertiary alicyclic amines) is 1. The lowest BCUT2D eigenvalue weighted by Crippen LogP contribution is -2.25. The molecule has 1 aliphatic rings. The standard InChI is InChI=1S/C25H26FN3O3S/c26-22-9-11-23(12-10-22)28-33(31,32)24-13-7-19(8-14-24)25(30)27-17-20-5-1-2-6-21(20)18-29-15-3-4-16-29/h1-2,5-14,28H,3-4,15-18H2,(H,27,30). The molecule has 0 unspecified atom stereocenters. The fourth-order valence-corrected chi connectivity index (χ4v) is 4.92. The summed E-state index contributed by atoms with van der Waals surface area (Å²) in [5, 5.41) is 2.93. The summed E-state index contributed by atoms with van der Waals surface area (Å²) in [6, 6.07) is 18.8. The van der Waals surface area contributed by atoms with E-state index in [1.165, 1.54) is 66.9 Å². The number of hydrogen-bond donors (Lipinski definition) is 2. The van der Waals surface area contributed by atoms with E-state index in [1.54, 1.807) is 0 Å². The zero-order valence-corrected chi connectivity index (χ0v) is 18.9. The molecule has 0 aliphatic carbocycles. The monoisotopic (exact) mass is 467 g/mol. The van der Waals surface area contributed by atoms with Crippen LogP contribution in [0.5, 0.6) is 0 Å². The normalized spacial score (nSPS) is 14.2. The molecule has 33 heavy (non-hydrogen) atoms. The van der Waals surface area contributed by atoms with E-state index in [4.69, 9.17) is 0 Å². The first kappa shape index (κ1) is 22.9. The van der Waals surface area contributed by atoms with Gasteiger partial charge < -0.3 is 5.32 Å². The number of nitrogens with zero attached hydrogens (tertiary/aromatic N) is 1. The number of anilines is 1. The number of nitrogens with one attached hydrogen (secondary N) is 2. The summed E-state index contributed by atoms with van der Waals surface area (Å²) in [7, 11) is -3.85. The molecule has 0 radical (unpaired) electrons. The van der Waals surface area contributed by atoms with Crippen molar-refractivity contribution in [1.82, 2.24) is 10.2 Å². The van der Waals surface area contributed by atoms with E-state index in [1.807, 2.05) is 18.2 Å². The van der Waals surface area contributed by atoms with Gasteiger partial charge in [-0.2, -0.15) is 0 Å². The molecule has 0 saturated carbocycles. The zero-order valence-electron chi connectivity index (χ0n) is 18.1. The van der Waals surface area contributed by atoms with Crippen LogP contribution >= 0.6 is 0 Å². The van der Waals surface area contributed by atoms with Gasteiger partial charge in [-0.1, -0.05) is 24.3 Å². The largest absolute Gasteiger partial charge is 0.348 e. The van der Waals surface area contributed by atoms with E-state index < -0.39 is 15.8 Å². The first-order valence-electron chi connectivity index (χ1n) is 10.9. The Morgan fingerprint density at radius 3 is 2.18 bits per heavy atom. The van der Waals surface area contributed by atoms with Crippen LogP contribution in [0.25, 0.3) is 0 Å². The first-order chi connectivity index (χ1) is 15.9. The minimum absolute atomic E-state index is 0.0133. The summed E-state index contributed by atoms with van der Waals surface area (Å²) in [6.45, 7) is 3.48. The molecule has 1 heterocycles. The highest BCUT2D eigenvalue weighted by atomic mass is 32.2. The molecule has 172 valence electrons. The summed E-state index contributed by atoms with van der Waals surface area (Å²) in [5.41, 5.74) is 2.90. The molecule has 1 aliphatic heterocycles. The van der Waals surface area contributed by atoms with E-state index in [2.05, 4.69) is 21.0 Å². The zero-order chi connectivity index (χ0) is 23.3. The Hall–Kier alpha value is -3.23. The molecule has 0 spiro atoms. The first-order valence-corrected chi connectivity index (χ1v) is 12.3. The maximum Gasteiger partial charge on any atom is 0.261 e. The van der Waals surface area contributed by atoms with E-state index in [9.17, 15) is 17.6 Å². The van der Waals surface area contributed by atoms with E-state index in [-0.39, 0.29) is 16.5 Å². The number of hydrogen-bond acceptors (Lipinski definition) is 4. The number of rotatable bonds is 8. The SMILES string of the molecule is O=C(NCc1ccccc1CN1CCCC1)c1ccc(S(=O)(=O)Nc2ccc(F)cc2)cc1. The Morgan fingerprint density at radius 1 is 0.879 bits per heavy atom. The van der Waals surface area contributed by atoms with Crippen molar-refractivity contribution >= 4 is 21.6 Å². The molecule has 4 rings (SSSR count). The molecular weight excluding hydrogens is 441 g/mol. The molecule has 0 aromatic heterocycles. The van der Waals surface area contributed by atoms with Gasteiger partial charge in [0.1, 0.15) is 5.82 Å². The topological polar surface area (TPSA) is 78.5 Å². The van der Waals surface area contributed by atoms with Gasteiger partial charge in [0.05, 0.1) is 4.90 Å². The van der Waals surface area contributed by atoms with Crippen molar-refractivity contribution in [3.8, 4) is 0 Å². The number of amides is 1. The molecule has 0 bridgehead atoms. The van der Waals surface area contributed by atoms with Crippen LogP contribution in [0.15, 0.2) is 77.7 Å². The Balaban J connectivity index is 1.38. The van der Waals surface area contributed by atoms with Gasteiger partial charge in [0, 0.05) is 24.3 Å². The number of carbonyl (C=O) groups is 1. The highest BCUT2D eigenvalue weighted by Gasteiger charge is 2.16. The summed E-state index contributed by atoms with van der Waals surface area (Å²) in [6.07, 6.45) is 2.45. The number of carbonyl (C=O) groups excluding carboxylic acids is 1. The van der Waals surface area contributed by atoms with Gasteiger partial charge in [-0.25, -0.2) is 12.8 Å². The van der Waals surface area contributed by atoms with Gasteiger partial charge in [-0.3, -0.25) is 14.4 Å². The van der Waals surface area contributed by atoms with Crippen molar-refractivity contribution in [3.05, 3.63) is 95.3 Å². The predicted molar refractivity (Wildman–Crippen MR) is 126 cm³/mol. The van der Waals surface area contributed by atoms with Crippen LogP contribution < -0.4 is 10.0 Å². The number of sulfonamides is 1. The van der Waals surface area contributed by atoms with E-state index >= 15 is 0 Å². The number of benzene rings is 3. The highest BCUT2D eigenvalue weighted by Crippen LogP contribution is 2.18. The Kier molecular flexibility index (Phi) is 7.05. The Morgan fingerprint density at radius 2 is 1.52 bits per heavy atom. The van der Waals surface area contributed by atoms with Crippen LogP contribution in [-0.2, 0) is 23.1 Å². The average Bonchev–Trinajstić information content (AvgIpc) is 3.33. The van der Waals surface area contributed by atoms with Crippen LogP contribution in [0, 0.1) is 5.82 Å². The smallest absolute Gasteiger partial charge is 0.261 e. The Bertz CT molecular complexity index is 1210. The second kappa shape index (κ2) is 10.1. The van der Waals surface area contributed by atoms with Gasteiger partial charge >= 0.3 is 0 Å². The third kappa shape index (κ3) is 5.97. The van der Waals surface area contributed by atoms with Crippen LogP contribution in [0.2, 0.25) is 0 Å². The molecule has 8 heteroatoms. The van der Waals surface area contributed by atoms with Gasteiger partial charge in [0.15, 0.2) is 0 Å². The van der Waals surface area contributed by atoms with Crippen LogP contribution in [0.1, 0.15) is 34.3 Å². The van der Waals surface area contributed by atoms with Crippen molar-refractivity contribution in [1.29, 1.82) is 0 Å². The van der Waals surface area contributed by atoms with Crippen LogP contribution in [0.3, 0.4) is 0 Å². The molecule has 3 aromatic carbocycles. The quantitative estimate of drug-likeness (QED) is 0.522. The highest BCUT2D eigenvalue weighted by molar-refractivity contribution is 7.92. The molecule has 1 fully saturated rings. The fraction of sp³-hybridized carbons (Fsp3) is 0.240. The van der Waals surface area contributed by atoms with Crippen molar-refractivity contribution in [3.63, 3.8) is 0 Å². The van der Waals surface area contributed by atoms with Crippen molar-refractivity contribution in [2.24, 2.45) is 0 Å². The lowest BCUT2D eigenvalue weighted by Gasteiger charge is -2.17. The molecule has 3 aromatic rings. The molecule has 0 atom stereocenters. The minimum atomic E-state index is -3.85. The lowest BCUT2D eigenvalue weighted by molar-refractivity contribution is 0.0950. The van der Waals surface area contributed by atoms with Gasteiger partial charge in [-0.15, -0.1) is 0 Å². The lowest BCUT2D eigenvalue weighted by atomic mass is 10.1. The van der Waals surface area contributed by atoms with Crippen LogP contribution in [-0.4, -0.2) is 32.3 Å². The third-order valence-corrected chi connectivity index (χ3v) is 7.07. The minimum Gasteiger partial charge on any atom is -0.348 e. The fourth-order valence-electron chi connectivity index (χ4n) is 3.86. The van der Waals surface area contributed by atoms with Crippen LogP contribution in [0.4, 0.5) is 10.1 Å². The summed E-state index contributed by atoms with van der Waals surface area (Å²) in [5.74, 6) is -0.728. The summed E-state index contributed by atoms with van der Waals surface area (Å²) >= 11 is 0. The van der Waals surface area contributed by atoms with Gasteiger partial charge in [-0.05, 0) is 85.6 Å². The Labute approximate surface area is 193 Å². The van der Waals surface area contributed by atoms with Crippen molar-refractivity contribution in [2.75, 3.05) is 17.8 Å². The molecule has 6 nitrogen and oxygen atoms in total. The summed E-state index contributed by atoms with van der Waals surface area (Å²) in [4.78, 5) is 15.1. The average molecular weight is 468 g/mol. The third-order valence-electron chi connectivity index (χ3n) is 5.67. The molecular formula is C25H26FN3O3S. The molecule has 1 saturated heterocycles. The summed E-state index contributed by atoms with van der Waals surface area (Å²) < 4.78 is 40.5. The van der Waals surface area contributed by atoms with Gasteiger partial charge in [0.25, 0.3) is 15.9 Å². The van der Waals surface area contributed by atoms with Gasteiger partial charge in [0.2, 0.25) is 0 Å². The maximum absolute atomic E-state index is 13.0. The molecule has 2 N–H and O–H groups in total. The maximum atomic E-state index is 13.0. The molecule has 1 amide bonds. The second-order valence-electron chi connectivity index (χ2n) is 8.07. The predicted octanol–water partition coefficient (Wildman–Crippen LogP) is 4.15. The van der Waals surface area contributed by atoms with E-state index in [0.717, 1.165) is 25.2 Å². The second-order valence-corrected chi connectivity index (χ2v) is 9.75. The van der Waals surface area contributed by atoms with Crippen molar-refractivity contribution < 1.29 is 17.6 Å². The van der Waals surface area contributed by atoms with Crippen molar-refractivity contribution in [2.45, 2.75) is 30.8 Å².